The van der Waals surface area contributed by atoms with Crippen molar-refractivity contribution >= 4 is 17.4 Å². The van der Waals surface area contributed by atoms with Crippen molar-refractivity contribution in [3.63, 3.8) is 0 Å². The Hall–Kier alpha value is -2.46. The standard InChI is InChI=1S/C17H13ClFN3/c18-15-11-20-8-7-14(15)16-5-2-6-17(22-16)21-10-12-3-1-4-13(19)9-12/h1-9,11H,10H2,(H,21,22). The van der Waals surface area contributed by atoms with E-state index in [4.69, 9.17) is 11.6 Å². The molecule has 3 aromatic rings. The Morgan fingerprint density at radius 3 is 2.77 bits per heavy atom. The number of benzene rings is 1. The zero-order chi connectivity index (χ0) is 15.4. The van der Waals surface area contributed by atoms with Crippen LogP contribution in [0.15, 0.2) is 60.9 Å². The van der Waals surface area contributed by atoms with Crippen LogP contribution in [0.5, 0.6) is 0 Å². The SMILES string of the molecule is Fc1cccc(CNc2cccc(-c3ccncc3Cl)n2)c1. The number of nitrogens with zero attached hydrogens (tertiary/aromatic N) is 2. The molecule has 2 aromatic heterocycles. The van der Waals surface area contributed by atoms with E-state index in [2.05, 4.69) is 15.3 Å². The normalized spacial score (nSPS) is 10.5. The molecule has 0 aliphatic heterocycles. The molecule has 0 amide bonds. The number of hydrogen-bond donors (Lipinski definition) is 1. The fourth-order valence-corrected chi connectivity index (χ4v) is 2.32. The van der Waals surface area contributed by atoms with Gasteiger partial charge in [-0.3, -0.25) is 4.98 Å². The van der Waals surface area contributed by atoms with E-state index in [9.17, 15) is 4.39 Å². The van der Waals surface area contributed by atoms with E-state index in [0.717, 1.165) is 16.8 Å². The summed E-state index contributed by atoms with van der Waals surface area (Å²) in [7, 11) is 0. The molecule has 0 spiro atoms. The van der Waals surface area contributed by atoms with E-state index < -0.39 is 0 Å². The Kier molecular flexibility index (Phi) is 4.30. The summed E-state index contributed by atoms with van der Waals surface area (Å²) in [4.78, 5) is 8.49. The lowest BCUT2D eigenvalue weighted by atomic mass is 10.2. The van der Waals surface area contributed by atoms with Gasteiger partial charge in [-0.2, -0.15) is 0 Å². The minimum Gasteiger partial charge on any atom is -0.366 e. The van der Waals surface area contributed by atoms with E-state index >= 15 is 0 Å². The van der Waals surface area contributed by atoms with Crippen LogP contribution in [0.3, 0.4) is 0 Å². The fourth-order valence-electron chi connectivity index (χ4n) is 2.11. The highest BCUT2D eigenvalue weighted by atomic mass is 35.5. The zero-order valence-corrected chi connectivity index (χ0v) is 12.4. The molecule has 0 aliphatic rings. The van der Waals surface area contributed by atoms with Gasteiger partial charge in [-0.05, 0) is 35.9 Å². The first-order valence-corrected chi connectivity index (χ1v) is 7.15. The molecule has 5 heteroatoms. The number of anilines is 1. The first kappa shape index (κ1) is 14.5. The average Bonchev–Trinajstić information content (AvgIpc) is 2.54. The third-order valence-electron chi connectivity index (χ3n) is 3.16. The molecule has 0 saturated carbocycles. The summed E-state index contributed by atoms with van der Waals surface area (Å²) in [6.07, 6.45) is 3.27. The third-order valence-corrected chi connectivity index (χ3v) is 3.46. The predicted molar refractivity (Wildman–Crippen MR) is 86.2 cm³/mol. The van der Waals surface area contributed by atoms with Gasteiger partial charge >= 0.3 is 0 Å². The number of halogens is 2. The van der Waals surface area contributed by atoms with Gasteiger partial charge in [-0.25, -0.2) is 9.37 Å². The highest BCUT2D eigenvalue weighted by molar-refractivity contribution is 6.33. The van der Waals surface area contributed by atoms with Crippen LogP contribution in [-0.2, 0) is 6.54 Å². The Morgan fingerprint density at radius 2 is 1.95 bits per heavy atom. The molecule has 1 N–H and O–H groups in total. The van der Waals surface area contributed by atoms with Gasteiger partial charge in [0, 0.05) is 24.5 Å². The Bertz CT molecular complexity index is 792. The van der Waals surface area contributed by atoms with Crippen molar-refractivity contribution in [1.82, 2.24) is 9.97 Å². The highest BCUT2D eigenvalue weighted by Gasteiger charge is 2.05. The lowest BCUT2D eigenvalue weighted by molar-refractivity contribution is 0.626. The summed E-state index contributed by atoms with van der Waals surface area (Å²) in [5.74, 6) is 0.458. The molecule has 0 radical (unpaired) electrons. The number of aromatic nitrogens is 2. The van der Waals surface area contributed by atoms with Crippen LogP contribution in [0.25, 0.3) is 11.3 Å². The first-order chi connectivity index (χ1) is 10.7. The molecule has 0 aliphatic carbocycles. The van der Waals surface area contributed by atoms with Gasteiger partial charge in [0.15, 0.2) is 0 Å². The monoisotopic (exact) mass is 313 g/mol. The average molecular weight is 314 g/mol. The number of rotatable bonds is 4. The molecular formula is C17H13ClFN3. The van der Waals surface area contributed by atoms with Crippen molar-refractivity contribution < 1.29 is 4.39 Å². The molecule has 2 heterocycles. The minimum atomic E-state index is -0.246. The van der Waals surface area contributed by atoms with Crippen LogP contribution in [-0.4, -0.2) is 9.97 Å². The van der Waals surface area contributed by atoms with Gasteiger partial charge in [0.05, 0.1) is 10.7 Å². The van der Waals surface area contributed by atoms with Crippen LogP contribution in [0.2, 0.25) is 5.02 Å². The van der Waals surface area contributed by atoms with E-state index in [0.29, 0.717) is 17.4 Å². The minimum absolute atomic E-state index is 0.246. The Labute approximate surface area is 132 Å². The number of nitrogens with one attached hydrogen (secondary N) is 1. The zero-order valence-electron chi connectivity index (χ0n) is 11.6. The van der Waals surface area contributed by atoms with Gasteiger partial charge < -0.3 is 5.32 Å². The second-order valence-corrected chi connectivity index (χ2v) is 5.15. The summed E-state index contributed by atoms with van der Waals surface area (Å²) >= 11 is 6.14. The van der Waals surface area contributed by atoms with Gasteiger partial charge in [0.25, 0.3) is 0 Å². The van der Waals surface area contributed by atoms with Gasteiger partial charge in [0.2, 0.25) is 0 Å². The van der Waals surface area contributed by atoms with Crippen molar-refractivity contribution in [2.24, 2.45) is 0 Å². The Morgan fingerprint density at radius 1 is 1.09 bits per heavy atom. The maximum atomic E-state index is 13.2. The Balaban J connectivity index is 1.79. The molecule has 0 bridgehead atoms. The predicted octanol–water partition coefficient (Wildman–Crippen LogP) is 4.55. The summed E-state index contributed by atoms with van der Waals surface area (Å²) in [5, 5.41) is 3.73. The molecule has 0 fully saturated rings. The quantitative estimate of drug-likeness (QED) is 0.768. The molecule has 0 unspecified atom stereocenters. The first-order valence-electron chi connectivity index (χ1n) is 6.77. The summed E-state index contributed by atoms with van der Waals surface area (Å²) in [6.45, 7) is 0.498. The topological polar surface area (TPSA) is 37.8 Å². The van der Waals surface area contributed by atoms with Crippen LogP contribution < -0.4 is 5.32 Å². The second kappa shape index (κ2) is 6.54. The molecule has 22 heavy (non-hydrogen) atoms. The molecule has 0 saturated heterocycles. The van der Waals surface area contributed by atoms with Crippen LogP contribution in [0.1, 0.15) is 5.56 Å². The van der Waals surface area contributed by atoms with E-state index in [1.54, 1.807) is 18.5 Å². The second-order valence-electron chi connectivity index (χ2n) is 4.75. The van der Waals surface area contributed by atoms with E-state index in [-0.39, 0.29) is 5.82 Å². The van der Waals surface area contributed by atoms with Crippen LogP contribution in [0, 0.1) is 5.82 Å². The van der Waals surface area contributed by atoms with Gasteiger partial charge in [0.1, 0.15) is 11.6 Å². The molecule has 0 atom stereocenters. The maximum Gasteiger partial charge on any atom is 0.126 e. The van der Waals surface area contributed by atoms with E-state index in [1.807, 2.05) is 30.3 Å². The summed E-state index contributed by atoms with van der Waals surface area (Å²) in [5.41, 5.74) is 2.44. The summed E-state index contributed by atoms with van der Waals surface area (Å²) in [6, 6.07) is 13.9. The highest BCUT2D eigenvalue weighted by Crippen LogP contribution is 2.25. The lowest BCUT2D eigenvalue weighted by Gasteiger charge is -2.08. The molecular weight excluding hydrogens is 301 g/mol. The van der Waals surface area contributed by atoms with Crippen molar-refractivity contribution in [1.29, 1.82) is 0 Å². The van der Waals surface area contributed by atoms with Crippen molar-refractivity contribution in [3.8, 4) is 11.3 Å². The number of pyridine rings is 2. The van der Waals surface area contributed by atoms with Crippen LogP contribution in [0.4, 0.5) is 10.2 Å². The third kappa shape index (κ3) is 3.40. The maximum absolute atomic E-state index is 13.2. The van der Waals surface area contributed by atoms with E-state index in [1.165, 1.54) is 12.1 Å². The largest absolute Gasteiger partial charge is 0.366 e. The van der Waals surface area contributed by atoms with Gasteiger partial charge in [-0.15, -0.1) is 0 Å². The lowest BCUT2D eigenvalue weighted by Crippen LogP contribution is -2.02. The number of hydrogen-bond acceptors (Lipinski definition) is 3. The molecule has 1 aromatic carbocycles. The van der Waals surface area contributed by atoms with Crippen molar-refractivity contribution in [3.05, 3.63) is 77.3 Å². The molecule has 3 nitrogen and oxygen atoms in total. The van der Waals surface area contributed by atoms with Crippen molar-refractivity contribution in [2.45, 2.75) is 6.54 Å². The van der Waals surface area contributed by atoms with Crippen molar-refractivity contribution in [2.75, 3.05) is 5.32 Å². The summed E-state index contributed by atoms with van der Waals surface area (Å²) < 4.78 is 13.2. The smallest absolute Gasteiger partial charge is 0.126 e. The fraction of sp³-hybridized carbons (Fsp3) is 0.0588. The van der Waals surface area contributed by atoms with Gasteiger partial charge in [-0.1, -0.05) is 29.8 Å². The molecule has 110 valence electrons. The molecule has 3 rings (SSSR count). The van der Waals surface area contributed by atoms with Crippen LogP contribution >= 0.6 is 11.6 Å².